The van der Waals surface area contributed by atoms with Gasteiger partial charge in [0.15, 0.2) is 0 Å². The molecule has 0 heterocycles. The number of carbonyl (C=O) groups excluding carboxylic acids is 2. The highest BCUT2D eigenvalue weighted by Crippen LogP contribution is 2.11. The topological polar surface area (TPSA) is 58.2 Å². The molecule has 0 aromatic heterocycles. The van der Waals surface area contributed by atoms with Gasteiger partial charge in [-0.25, -0.2) is 0 Å². The van der Waals surface area contributed by atoms with E-state index >= 15 is 0 Å². The van der Waals surface area contributed by atoms with Crippen LogP contribution in [0.25, 0.3) is 0 Å². The number of benzene rings is 2. The van der Waals surface area contributed by atoms with E-state index in [9.17, 15) is 9.59 Å². The smallest absolute Gasteiger partial charge is 0.224 e. The van der Waals surface area contributed by atoms with Gasteiger partial charge in [-0.1, -0.05) is 43.3 Å². The molecule has 0 atom stereocenters. The summed E-state index contributed by atoms with van der Waals surface area (Å²) in [4.78, 5) is 23.6. The molecular formula is C20H24N2O2. The molecule has 0 unspecified atom stereocenters. The molecule has 126 valence electrons. The lowest BCUT2D eigenvalue weighted by Gasteiger charge is -2.09. The Morgan fingerprint density at radius 3 is 2.33 bits per heavy atom. The first kappa shape index (κ1) is 17.7. The van der Waals surface area contributed by atoms with Crippen molar-refractivity contribution in [3.05, 3.63) is 65.2 Å². The summed E-state index contributed by atoms with van der Waals surface area (Å²) < 4.78 is 0. The summed E-state index contributed by atoms with van der Waals surface area (Å²) >= 11 is 0. The zero-order chi connectivity index (χ0) is 17.4. The monoisotopic (exact) mass is 324 g/mol. The van der Waals surface area contributed by atoms with E-state index in [0.717, 1.165) is 23.2 Å². The maximum absolute atomic E-state index is 12.1. The van der Waals surface area contributed by atoms with E-state index in [1.54, 1.807) is 0 Å². The van der Waals surface area contributed by atoms with Crippen LogP contribution < -0.4 is 10.6 Å². The molecule has 0 fully saturated rings. The standard InChI is InChI=1S/C20H24N2O2/c1-3-6-19(23)22-18-11-9-16(10-12-18)13-20(24)21-14-17-8-5-4-7-15(17)2/h4-5,7-12H,3,6,13-14H2,1-2H3,(H,21,24)(H,22,23). The van der Waals surface area contributed by atoms with Crippen molar-refractivity contribution in [1.82, 2.24) is 5.32 Å². The third-order valence-corrected chi connectivity index (χ3v) is 3.82. The predicted molar refractivity (Wildman–Crippen MR) is 96.7 cm³/mol. The van der Waals surface area contributed by atoms with Gasteiger partial charge in [0.25, 0.3) is 0 Å². The zero-order valence-electron chi connectivity index (χ0n) is 14.3. The van der Waals surface area contributed by atoms with E-state index < -0.39 is 0 Å². The highest BCUT2D eigenvalue weighted by Gasteiger charge is 2.05. The average molecular weight is 324 g/mol. The van der Waals surface area contributed by atoms with Crippen molar-refractivity contribution < 1.29 is 9.59 Å². The normalized spacial score (nSPS) is 10.2. The second-order valence-corrected chi connectivity index (χ2v) is 5.88. The van der Waals surface area contributed by atoms with Crippen LogP contribution in [0.3, 0.4) is 0 Å². The molecule has 0 saturated carbocycles. The third-order valence-electron chi connectivity index (χ3n) is 3.82. The molecule has 0 aliphatic carbocycles. The summed E-state index contributed by atoms with van der Waals surface area (Å²) in [6, 6.07) is 15.4. The predicted octanol–water partition coefficient (Wildman–Crippen LogP) is 3.59. The van der Waals surface area contributed by atoms with E-state index in [1.165, 1.54) is 5.56 Å². The molecule has 0 radical (unpaired) electrons. The van der Waals surface area contributed by atoms with E-state index in [1.807, 2.05) is 62.4 Å². The van der Waals surface area contributed by atoms with Crippen molar-refractivity contribution in [1.29, 1.82) is 0 Å². The van der Waals surface area contributed by atoms with Crippen LogP contribution in [0.2, 0.25) is 0 Å². The van der Waals surface area contributed by atoms with E-state index in [4.69, 9.17) is 0 Å². The zero-order valence-corrected chi connectivity index (χ0v) is 14.3. The van der Waals surface area contributed by atoms with Crippen LogP contribution in [0.1, 0.15) is 36.5 Å². The lowest BCUT2D eigenvalue weighted by atomic mass is 10.1. The Bertz CT molecular complexity index is 693. The van der Waals surface area contributed by atoms with Crippen molar-refractivity contribution in [3.8, 4) is 0 Å². The molecule has 2 aromatic rings. The van der Waals surface area contributed by atoms with Gasteiger partial charge in [-0.15, -0.1) is 0 Å². The van der Waals surface area contributed by atoms with E-state index in [2.05, 4.69) is 10.6 Å². The molecule has 2 N–H and O–H groups in total. The van der Waals surface area contributed by atoms with Crippen LogP contribution in [0.15, 0.2) is 48.5 Å². The van der Waals surface area contributed by atoms with Gasteiger partial charge in [0.1, 0.15) is 0 Å². The second-order valence-electron chi connectivity index (χ2n) is 5.88. The van der Waals surface area contributed by atoms with Gasteiger partial charge >= 0.3 is 0 Å². The molecule has 4 nitrogen and oxygen atoms in total. The number of hydrogen-bond acceptors (Lipinski definition) is 2. The first-order chi connectivity index (χ1) is 11.6. The Morgan fingerprint density at radius 2 is 1.67 bits per heavy atom. The van der Waals surface area contributed by atoms with Crippen LogP contribution in [0.4, 0.5) is 5.69 Å². The average Bonchev–Trinajstić information content (AvgIpc) is 2.56. The van der Waals surface area contributed by atoms with Crippen LogP contribution in [0.5, 0.6) is 0 Å². The van der Waals surface area contributed by atoms with Gasteiger partial charge in [0.2, 0.25) is 11.8 Å². The second kappa shape index (κ2) is 8.87. The van der Waals surface area contributed by atoms with Crippen LogP contribution >= 0.6 is 0 Å². The number of hydrogen-bond donors (Lipinski definition) is 2. The molecule has 0 spiro atoms. The highest BCUT2D eigenvalue weighted by molar-refractivity contribution is 5.90. The van der Waals surface area contributed by atoms with Crippen molar-refractivity contribution in [2.24, 2.45) is 0 Å². The number of carbonyl (C=O) groups is 2. The number of nitrogens with one attached hydrogen (secondary N) is 2. The number of aryl methyl sites for hydroxylation is 1. The van der Waals surface area contributed by atoms with Crippen LogP contribution in [-0.2, 0) is 22.6 Å². The van der Waals surface area contributed by atoms with Gasteiger partial charge in [-0.2, -0.15) is 0 Å². The Balaban J connectivity index is 1.83. The minimum Gasteiger partial charge on any atom is -0.352 e. The maximum Gasteiger partial charge on any atom is 0.224 e. The summed E-state index contributed by atoms with van der Waals surface area (Å²) in [6.07, 6.45) is 1.67. The van der Waals surface area contributed by atoms with Crippen molar-refractivity contribution >= 4 is 17.5 Å². The minimum atomic E-state index is -0.0129. The van der Waals surface area contributed by atoms with E-state index in [-0.39, 0.29) is 11.8 Å². The fourth-order valence-electron chi connectivity index (χ4n) is 2.41. The summed E-state index contributed by atoms with van der Waals surface area (Å²) in [5.74, 6) is 0.00208. The van der Waals surface area contributed by atoms with Crippen LogP contribution in [-0.4, -0.2) is 11.8 Å². The van der Waals surface area contributed by atoms with Gasteiger partial charge in [-0.3, -0.25) is 9.59 Å². The summed E-state index contributed by atoms with van der Waals surface area (Å²) in [7, 11) is 0. The molecule has 0 bridgehead atoms. The fraction of sp³-hybridized carbons (Fsp3) is 0.300. The van der Waals surface area contributed by atoms with Gasteiger partial charge < -0.3 is 10.6 Å². The Kier molecular flexibility index (Phi) is 6.55. The van der Waals surface area contributed by atoms with Crippen molar-refractivity contribution in [3.63, 3.8) is 0 Å². The summed E-state index contributed by atoms with van der Waals surface area (Å²) in [6.45, 7) is 4.54. The first-order valence-electron chi connectivity index (χ1n) is 8.28. The molecule has 2 rings (SSSR count). The largest absolute Gasteiger partial charge is 0.352 e. The molecule has 0 aliphatic rings. The number of anilines is 1. The number of amides is 2. The molecular weight excluding hydrogens is 300 g/mol. The summed E-state index contributed by atoms with van der Waals surface area (Å²) in [5.41, 5.74) is 3.98. The van der Waals surface area contributed by atoms with Crippen molar-refractivity contribution in [2.45, 2.75) is 39.7 Å². The Labute approximate surface area is 143 Å². The van der Waals surface area contributed by atoms with Gasteiger partial charge in [0, 0.05) is 18.7 Å². The van der Waals surface area contributed by atoms with Crippen molar-refractivity contribution in [2.75, 3.05) is 5.32 Å². The van der Waals surface area contributed by atoms with Gasteiger partial charge in [0.05, 0.1) is 6.42 Å². The molecule has 4 heteroatoms. The molecule has 0 saturated heterocycles. The molecule has 0 aliphatic heterocycles. The fourth-order valence-corrected chi connectivity index (χ4v) is 2.41. The summed E-state index contributed by atoms with van der Waals surface area (Å²) in [5, 5.41) is 5.78. The Morgan fingerprint density at radius 1 is 0.958 bits per heavy atom. The molecule has 24 heavy (non-hydrogen) atoms. The lowest BCUT2D eigenvalue weighted by Crippen LogP contribution is -2.24. The Hall–Kier alpha value is -2.62. The quantitative estimate of drug-likeness (QED) is 0.817. The third kappa shape index (κ3) is 5.54. The first-order valence-corrected chi connectivity index (χ1v) is 8.28. The maximum atomic E-state index is 12.1. The van der Waals surface area contributed by atoms with E-state index in [0.29, 0.717) is 19.4 Å². The van der Waals surface area contributed by atoms with Gasteiger partial charge in [-0.05, 0) is 42.2 Å². The number of rotatable bonds is 7. The molecule has 2 amide bonds. The molecule has 2 aromatic carbocycles. The van der Waals surface area contributed by atoms with Crippen LogP contribution in [0, 0.1) is 6.92 Å². The SMILES string of the molecule is CCCC(=O)Nc1ccc(CC(=O)NCc2ccccc2C)cc1. The highest BCUT2D eigenvalue weighted by atomic mass is 16.2. The lowest BCUT2D eigenvalue weighted by molar-refractivity contribution is -0.120. The minimum absolute atomic E-state index is 0.0129.